The Kier molecular flexibility index (Phi) is 7.00. The fraction of sp³-hybridized carbons (Fsp3) is 0.500. The van der Waals surface area contributed by atoms with E-state index in [-0.39, 0.29) is 30.9 Å². The average Bonchev–Trinajstić information content (AvgIpc) is 3.20. The quantitative estimate of drug-likeness (QED) is 0.695. The molecule has 1 aromatic carbocycles. The molecule has 0 unspecified atom stereocenters. The number of carbonyl (C=O) groups excluding carboxylic acids is 2. The molecule has 0 aliphatic heterocycles. The summed E-state index contributed by atoms with van der Waals surface area (Å²) in [7, 11) is 0. The number of aromatic nitrogens is 2. The van der Waals surface area contributed by atoms with Gasteiger partial charge in [0.25, 0.3) is 5.89 Å². The summed E-state index contributed by atoms with van der Waals surface area (Å²) >= 11 is 0. The summed E-state index contributed by atoms with van der Waals surface area (Å²) < 4.78 is 15.8. The Morgan fingerprint density at radius 3 is 2.79 bits per heavy atom. The lowest BCUT2D eigenvalue weighted by atomic mass is 9.89. The number of hydrogen-bond acceptors (Lipinski definition) is 7. The van der Waals surface area contributed by atoms with Gasteiger partial charge in [-0.2, -0.15) is 4.98 Å². The molecule has 0 radical (unpaired) electrons. The zero-order chi connectivity index (χ0) is 19.8. The van der Waals surface area contributed by atoms with E-state index in [0.717, 1.165) is 25.7 Å². The minimum atomic E-state index is -0.543. The maximum atomic E-state index is 12.1. The highest BCUT2D eigenvalue weighted by Gasteiger charge is 2.21. The Hall–Kier alpha value is -2.90. The molecule has 0 saturated heterocycles. The highest BCUT2D eigenvalue weighted by atomic mass is 16.6. The van der Waals surface area contributed by atoms with Crippen LogP contribution in [0.4, 0.5) is 0 Å². The van der Waals surface area contributed by atoms with Crippen molar-refractivity contribution in [2.24, 2.45) is 5.92 Å². The van der Waals surface area contributed by atoms with Gasteiger partial charge in [-0.3, -0.25) is 9.59 Å². The number of amides is 1. The third-order valence-electron chi connectivity index (χ3n) is 4.64. The Morgan fingerprint density at radius 1 is 1.21 bits per heavy atom. The Labute approximate surface area is 163 Å². The fourth-order valence-corrected chi connectivity index (χ4v) is 3.22. The van der Waals surface area contributed by atoms with Crippen molar-refractivity contribution < 1.29 is 23.6 Å². The molecule has 0 atom stereocenters. The van der Waals surface area contributed by atoms with Crippen molar-refractivity contribution in [2.75, 3.05) is 13.2 Å². The molecular formula is C20H25N3O5. The van der Waals surface area contributed by atoms with Crippen molar-refractivity contribution in [1.29, 1.82) is 0 Å². The summed E-state index contributed by atoms with van der Waals surface area (Å²) in [6.45, 7) is 2.10. The molecule has 2 aromatic rings. The van der Waals surface area contributed by atoms with Crippen LogP contribution in [-0.2, 0) is 20.9 Å². The molecule has 1 heterocycles. The zero-order valence-electron chi connectivity index (χ0n) is 16.0. The number of nitrogens with zero attached hydrogens (tertiary/aromatic N) is 2. The first-order chi connectivity index (χ1) is 13.7. The monoisotopic (exact) mass is 387 g/mol. The normalized spacial score (nSPS) is 14.5. The summed E-state index contributed by atoms with van der Waals surface area (Å²) in [6.07, 6.45) is 5.07. The average molecular weight is 387 g/mol. The Morgan fingerprint density at radius 2 is 2.00 bits per heavy atom. The van der Waals surface area contributed by atoms with Gasteiger partial charge in [0.05, 0.1) is 12.2 Å². The van der Waals surface area contributed by atoms with Gasteiger partial charge in [0.15, 0.2) is 6.61 Å². The maximum Gasteiger partial charge on any atom is 0.325 e. The highest BCUT2D eigenvalue weighted by Crippen LogP contribution is 2.27. The second-order valence-electron chi connectivity index (χ2n) is 6.65. The predicted octanol–water partition coefficient (Wildman–Crippen LogP) is 2.88. The van der Waals surface area contributed by atoms with E-state index in [1.807, 2.05) is 31.2 Å². The Bertz CT molecular complexity index is 799. The first-order valence-corrected chi connectivity index (χ1v) is 9.65. The standard InChI is InChI=1S/C20H25N3O5/c1-2-26-16-11-7-6-10-15(16)19-22-17(28-23-19)13-27-18(24)12-21-20(25)14-8-4-3-5-9-14/h6-7,10-11,14H,2-5,8-9,12-13H2,1H3,(H,21,25). The van der Waals surface area contributed by atoms with Gasteiger partial charge in [-0.05, 0) is 31.9 Å². The first-order valence-electron chi connectivity index (χ1n) is 9.65. The van der Waals surface area contributed by atoms with E-state index in [0.29, 0.717) is 23.7 Å². The van der Waals surface area contributed by atoms with Crippen LogP contribution in [0.2, 0.25) is 0 Å². The van der Waals surface area contributed by atoms with Crippen LogP contribution < -0.4 is 10.1 Å². The van der Waals surface area contributed by atoms with Crippen LogP contribution in [0.15, 0.2) is 28.8 Å². The van der Waals surface area contributed by atoms with Gasteiger partial charge in [0.1, 0.15) is 12.3 Å². The van der Waals surface area contributed by atoms with E-state index in [4.69, 9.17) is 14.0 Å². The molecule has 1 aliphatic carbocycles. The van der Waals surface area contributed by atoms with Gasteiger partial charge in [-0.25, -0.2) is 0 Å². The van der Waals surface area contributed by atoms with Crippen LogP contribution in [0.1, 0.15) is 44.9 Å². The van der Waals surface area contributed by atoms with E-state index in [9.17, 15) is 9.59 Å². The first kappa shape index (κ1) is 19.9. The van der Waals surface area contributed by atoms with Crippen molar-refractivity contribution in [3.63, 3.8) is 0 Å². The largest absolute Gasteiger partial charge is 0.493 e. The number of para-hydroxylation sites is 1. The minimum absolute atomic E-state index is 0.00505. The van der Waals surface area contributed by atoms with E-state index >= 15 is 0 Å². The lowest BCUT2D eigenvalue weighted by molar-refractivity contribution is -0.146. The van der Waals surface area contributed by atoms with Crippen molar-refractivity contribution in [2.45, 2.75) is 45.6 Å². The van der Waals surface area contributed by atoms with Crippen molar-refractivity contribution >= 4 is 11.9 Å². The number of rotatable bonds is 8. The van der Waals surface area contributed by atoms with E-state index < -0.39 is 5.97 Å². The molecule has 8 nitrogen and oxygen atoms in total. The topological polar surface area (TPSA) is 104 Å². The van der Waals surface area contributed by atoms with E-state index in [2.05, 4.69) is 15.5 Å². The molecule has 150 valence electrons. The molecule has 1 N–H and O–H groups in total. The lowest BCUT2D eigenvalue weighted by Crippen LogP contribution is -2.36. The number of hydrogen-bond donors (Lipinski definition) is 1. The van der Waals surface area contributed by atoms with Gasteiger partial charge in [0, 0.05) is 5.92 Å². The van der Waals surface area contributed by atoms with E-state index in [1.165, 1.54) is 6.42 Å². The summed E-state index contributed by atoms with van der Waals surface area (Å²) in [6, 6.07) is 7.36. The fourth-order valence-electron chi connectivity index (χ4n) is 3.22. The molecule has 0 spiro atoms. The molecule has 1 aromatic heterocycles. The number of carbonyl (C=O) groups is 2. The van der Waals surface area contributed by atoms with Crippen LogP contribution >= 0.6 is 0 Å². The molecule has 0 bridgehead atoms. The molecule has 1 amide bonds. The second-order valence-corrected chi connectivity index (χ2v) is 6.65. The van der Waals surface area contributed by atoms with Crippen LogP contribution in [0.5, 0.6) is 5.75 Å². The smallest absolute Gasteiger partial charge is 0.325 e. The molecular weight excluding hydrogens is 362 g/mol. The van der Waals surface area contributed by atoms with Crippen molar-refractivity contribution in [3.8, 4) is 17.1 Å². The number of esters is 1. The van der Waals surface area contributed by atoms with Crippen molar-refractivity contribution in [1.82, 2.24) is 15.5 Å². The molecule has 28 heavy (non-hydrogen) atoms. The lowest BCUT2D eigenvalue weighted by Gasteiger charge is -2.20. The number of benzene rings is 1. The molecule has 3 rings (SSSR count). The van der Waals surface area contributed by atoms with Crippen LogP contribution in [0.25, 0.3) is 11.4 Å². The second kappa shape index (κ2) is 9.87. The molecule has 1 aliphatic rings. The van der Waals surface area contributed by atoms with Crippen LogP contribution in [0, 0.1) is 5.92 Å². The summed E-state index contributed by atoms with van der Waals surface area (Å²) in [5, 5.41) is 6.56. The van der Waals surface area contributed by atoms with Crippen LogP contribution in [0.3, 0.4) is 0 Å². The summed E-state index contributed by atoms with van der Waals surface area (Å²) in [5.74, 6) is 0.571. The summed E-state index contributed by atoms with van der Waals surface area (Å²) in [4.78, 5) is 28.2. The molecule has 1 fully saturated rings. The van der Waals surface area contributed by atoms with Gasteiger partial charge in [-0.15, -0.1) is 0 Å². The molecule has 8 heteroatoms. The number of nitrogens with one attached hydrogen (secondary N) is 1. The van der Waals surface area contributed by atoms with Gasteiger partial charge in [0.2, 0.25) is 11.7 Å². The maximum absolute atomic E-state index is 12.1. The third kappa shape index (κ3) is 5.31. The molecule has 1 saturated carbocycles. The van der Waals surface area contributed by atoms with Gasteiger partial charge < -0.3 is 19.3 Å². The van der Waals surface area contributed by atoms with Gasteiger partial charge in [-0.1, -0.05) is 36.6 Å². The Balaban J connectivity index is 1.48. The number of ether oxygens (including phenoxy) is 2. The third-order valence-corrected chi connectivity index (χ3v) is 4.64. The summed E-state index contributed by atoms with van der Waals surface area (Å²) in [5.41, 5.74) is 0.699. The van der Waals surface area contributed by atoms with Gasteiger partial charge >= 0.3 is 5.97 Å². The zero-order valence-corrected chi connectivity index (χ0v) is 16.0. The highest BCUT2D eigenvalue weighted by molar-refractivity contribution is 5.83. The predicted molar refractivity (Wildman–Crippen MR) is 100 cm³/mol. The van der Waals surface area contributed by atoms with E-state index in [1.54, 1.807) is 0 Å². The minimum Gasteiger partial charge on any atom is -0.493 e. The van der Waals surface area contributed by atoms with Crippen molar-refractivity contribution in [3.05, 3.63) is 30.2 Å². The SMILES string of the molecule is CCOc1ccccc1-c1noc(COC(=O)CNC(=O)C2CCCCC2)n1. The van der Waals surface area contributed by atoms with Crippen LogP contribution in [-0.4, -0.2) is 35.2 Å².